The number of carbonyl (C=O) groups is 2. The number of piperazine rings is 1. The molecular weight excluding hydrogens is 266 g/mol. The molecule has 3 fully saturated rings. The van der Waals surface area contributed by atoms with Crippen LogP contribution in [0.15, 0.2) is 0 Å². The maximum absolute atomic E-state index is 12.4. The van der Waals surface area contributed by atoms with Crippen molar-refractivity contribution in [2.75, 3.05) is 39.3 Å². The monoisotopic (exact) mass is 293 g/mol. The van der Waals surface area contributed by atoms with E-state index in [1.54, 1.807) is 0 Å². The highest BCUT2D eigenvalue weighted by Crippen LogP contribution is 2.45. The van der Waals surface area contributed by atoms with Crippen LogP contribution in [0.2, 0.25) is 0 Å². The Kier molecular flexibility index (Phi) is 4.60. The zero-order chi connectivity index (χ0) is 14.7. The third-order valence-electron chi connectivity index (χ3n) is 5.42. The van der Waals surface area contributed by atoms with E-state index >= 15 is 0 Å². The summed E-state index contributed by atoms with van der Waals surface area (Å²) < 4.78 is 0. The van der Waals surface area contributed by atoms with Crippen molar-refractivity contribution < 1.29 is 9.59 Å². The van der Waals surface area contributed by atoms with Gasteiger partial charge in [-0.15, -0.1) is 0 Å². The van der Waals surface area contributed by atoms with Crippen molar-refractivity contribution in [3.05, 3.63) is 0 Å². The molecule has 5 nitrogen and oxygen atoms in total. The zero-order valence-electron chi connectivity index (χ0n) is 12.9. The first-order chi connectivity index (χ1) is 10.2. The number of carbonyl (C=O) groups excluding carboxylic acids is 2. The van der Waals surface area contributed by atoms with Crippen LogP contribution in [0.1, 0.15) is 44.9 Å². The lowest BCUT2D eigenvalue weighted by Gasteiger charge is -2.42. The van der Waals surface area contributed by atoms with Gasteiger partial charge in [-0.25, -0.2) is 0 Å². The Morgan fingerprint density at radius 3 is 2.14 bits per heavy atom. The lowest BCUT2D eigenvalue weighted by Crippen LogP contribution is -2.52. The van der Waals surface area contributed by atoms with Crippen LogP contribution in [-0.4, -0.2) is 60.9 Å². The number of piperidine rings is 1. The van der Waals surface area contributed by atoms with E-state index in [4.69, 9.17) is 0 Å². The van der Waals surface area contributed by atoms with Crippen LogP contribution in [0.5, 0.6) is 0 Å². The largest absolute Gasteiger partial charge is 0.314 e. The van der Waals surface area contributed by atoms with Crippen molar-refractivity contribution in [2.24, 2.45) is 5.41 Å². The SMILES string of the molecule is O=C1CC2(CCCCC2)CC(=O)N1CCN1CCNCC1. The standard InChI is InChI=1S/C16H27N3O2/c20-14-12-16(4-2-1-3-5-16)13-15(21)19(14)11-10-18-8-6-17-7-9-18/h17H,1-13H2. The number of likely N-dealkylation sites (tertiary alicyclic amines) is 1. The van der Waals surface area contributed by atoms with Gasteiger partial charge < -0.3 is 5.32 Å². The number of hydrogen-bond donors (Lipinski definition) is 1. The van der Waals surface area contributed by atoms with Crippen molar-refractivity contribution in [1.29, 1.82) is 0 Å². The Morgan fingerprint density at radius 1 is 0.905 bits per heavy atom. The van der Waals surface area contributed by atoms with Gasteiger partial charge in [0, 0.05) is 52.1 Å². The number of amides is 2. The van der Waals surface area contributed by atoms with Crippen LogP contribution in [0.3, 0.4) is 0 Å². The molecular formula is C16H27N3O2. The first kappa shape index (κ1) is 15.0. The van der Waals surface area contributed by atoms with E-state index in [1.165, 1.54) is 24.2 Å². The lowest BCUT2D eigenvalue weighted by atomic mass is 9.67. The number of imide groups is 1. The van der Waals surface area contributed by atoms with Crippen molar-refractivity contribution in [2.45, 2.75) is 44.9 Å². The van der Waals surface area contributed by atoms with Crippen LogP contribution in [0.25, 0.3) is 0 Å². The van der Waals surface area contributed by atoms with Crippen molar-refractivity contribution in [3.8, 4) is 0 Å². The maximum atomic E-state index is 12.4. The molecule has 2 aliphatic heterocycles. The van der Waals surface area contributed by atoms with E-state index < -0.39 is 0 Å². The highest BCUT2D eigenvalue weighted by atomic mass is 16.2. The normalized spacial score (nSPS) is 27.3. The third kappa shape index (κ3) is 3.46. The number of rotatable bonds is 3. The van der Waals surface area contributed by atoms with E-state index in [0.717, 1.165) is 45.6 Å². The van der Waals surface area contributed by atoms with Gasteiger partial charge in [0.1, 0.15) is 0 Å². The molecule has 1 aliphatic carbocycles. The van der Waals surface area contributed by atoms with Gasteiger partial charge in [0.25, 0.3) is 0 Å². The average molecular weight is 293 g/mol. The van der Waals surface area contributed by atoms with Crippen molar-refractivity contribution in [3.63, 3.8) is 0 Å². The lowest BCUT2D eigenvalue weighted by molar-refractivity contribution is -0.154. The van der Waals surface area contributed by atoms with Crippen LogP contribution >= 0.6 is 0 Å². The molecule has 0 aromatic rings. The Labute approximate surface area is 127 Å². The van der Waals surface area contributed by atoms with E-state index in [1.807, 2.05) is 0 Å². The van der Waals surface area contributed by atoms with Gasteiger partial charge >= 0.3 is 0 Å². The Hall–Kier alpha value is -0.940. The topological polar surface area (TPSA) is 52.7 Å². The molecule has 3 rings (SSSR count). The van der Waals surface area contributed by atoms with Gasteiger partial charge in [0.15, 0.2) is 0 Å². The summed E-state index contributed by atoms with van der Waals surface area (Å²) in [5.74, 6) is 0.145. The molecule has 0 aromatic carbocycles. The summed E-state index contributed by atoms with van der Waals surface area (Å²) in [7, 11) is 0. The van der Waals surface area contributed by atoms with Crippen molar-refractivity contribution >= 4 is 11.8 Å². The second kappa shape index (κ2) is 6.44. The maximum Gasteiger partial charge on any atom is 0.229 e. The Bertz CT molecular complexity index is 378. The molecule has 0 aromatic heterocycles. The minimum Gasteiger partial charge on any atom is -0.314 e. The highest BCUT2D eigenvalue weighted by molar-refractivity contribution is 5.98. The summed E-state index contributed by atoms with van der Waals surface area (Å²) in [6, 6.07) is 0. The first-order valence-corrected chi connectivity index (χ1v) is 8.45. The van der Waals surface area contributed by atoms with E-state index in [-0.39, 0.29) is 17.2 Å². The second-order valence-electron chi connectivity index (χ2n) is 6.94. The highest BCUT2D eigenvalue weighted by Gasteiger charge is 2.43. The number of hydrogen-bond acceptors (Lipinski definition) is 4. The molecule has 3 aliphatic rings. The molecule has 0 atom stereocenters. The molecule has 2 amide bonds. The fourth-order valence-corrected chi connectivity index (χ4v) is 4.11. The molecule has 5 heteroatoms. The molecule has 0 radical (unpaired) electrons. The van der Waals surface area contributed by atoms with Crippen molar-refractivity contribution in [1.82, 2.24) is 15.1 Å². The summed E-state index contributed by atoms with van der Waals surface area (Å²) in [4.78, 5) is 28.7. The molecule has 2 heterocycles. The van der Waals surface area contributed by atoms with Gasteiger partial charge in [0.05, 0.1) is 0 Å². The summed E-state index contributed by atoms with van der Waals surface area (Å²) in [5, 5.41) is 3.32. The van der Waals surface area contributed by atoms with Crippen LogP contribution in [0, 0.1) is 5.41 Å². The summed E-state index contributed by atoms with van der Waals surface area (Å²) in [5.41, 5.74) is 0.0119. The molecule has 1 saturated carbocycles. The quantitative estimate of drug-likeness (QED) is 0.789. The molecule has 2 saturated heterocycles. The molecule has 0 bridgehead atoms. The summed E-state index contributed by atoms with van der Waals surface area (Å²) in [6.07, 6.45) is 6.95. The van der Waals surface area contributed by atoms with E-state index in [2.05, 4.69) is 10.2 Å². The van der Waals surface area contributed by atoms with Crippen LogP contribution in [-0.2, 0) is 9.59 Å². The minimum atomic E-state index is 0.0119. The molecule has 1 spiro atoms. The molecule has 118 valence electrons. The predicted octanol–water partition coefficient (Wildman–Crippen LogP) is 0.991. The third-order valence-corrected chi connectivity index (χ3v) is 5.42. The summed E-state index contributed by atoms with van der Waals surface area (Å²) in [6.45, 7) is 5.44. The Morgan fingerprint density at radius 2 is 1.52 bits per heavy atom. The van der Waals surface area contributed by atoms with Gasteiger partial charge in [-0.2, -0.15) is 0 Å². The predicted molar refractivity (Wildman–Crippen MR) is 80.8 cm³/mol. The molecule has 1 N–H and O–H groups in total. The van der Waals surface area contributed by atoms with Gasteiger partial charge in [-0.3, -0.25) is 19.4 Å². The average Bonchev–Trinajstić information content (AvgIpc) is 2.48. The summed E-state index contributed by atoms with van der Waals surface area (Å²) >= 11 is 0. The van der Waals surface area contributed by atoms with Gasteiger partial charge in [0.2, 0.25) is 11.8 Å². The second-order valence-corrected chi connectivity index (χ2v) is 6.94. The molecule has 0 unspecified atom stereocenters. The first-order valence-electron chi connectivity index (χ1n) is 8.45. The number of nitrogens with zero attached hydrogens (tertiary/aromatic N) is 2. The fourth-order valence-electron chi connectivity index (χ4n) is 4.11. The number of nitrogens with one attached hydrogen (secondary N) is 1. The minimum absolute atomic E-state index is 0.0119. The smallest absolute Gasteiger partial charge is 0.229 e. The Balaban J connectivity index is 1.54. The van der Waals surface area contributed by atoms with E-state index in [9.17, 15) is 9.59 Å². The van der Waals surface area contributed by atoms with Crippen LogP contribution < -0.4 is 5.32 Å². The fraction of sp³-hybridized carbons (Fsp3) is 0.875. The van der Waals surface area contributed by atoms with Gasteiger partial charge in [-0.1, -0.05) is 19.3 Å². The van der Waals surface area contributed by atoms with E-state index in [0.29, 0.717) is 19.4 Å². The van der Waals surface area contributed by atoms with Crippen LogP contribution in [0.4, 0.5) is 0 Å². The van der Waals surface area contributed by atoms with Gasteiger partial charge in [-0.05, 0) is 18.3 Å². The zero-order valence-corrected chi connectivity index (χ0v) is 12.9. The molecule has 21 heavy (non-hydrogen) atoms.